The number of methoxy groups -OCH3 is 1. The van der Waals surface area contributed by atoms with E-state index in [0.717, 1.165) is 0 Å². The van der Waals surface area contributed by atoms with Crippen molar-refractivity contribution in [3.63, 3.8) is 0 Å². The molecule has 0 aromatic rings. The second-order valence-corrected chi connectivity index (χ2v) is 3.35. The Labute approximate surface area is 91.0 Å². The van der Waals surface area contributed by atoms with Gasteiger partial charge in [-0.1, -0.05) is 0 Å². The van der Waals surface area contributed by atoms with Gasteiger partial charge in [0.1, 0.15) is 0 Å². The maximum Gasteiger partial charge on any atom is 0.237 e. The fourth-order valence-corrected chi connectivity index (χ4v) is 1.04. The molecule has 1 N–H and O–H groups in total. The number of rotatable bonds is 7. The molecule has 0 spiro atoms. The predicted molar refractivity (Wildman–Crippen MR) is 57.2 cm³/mol. The molecular weight excluding hydrogens is 194 g/mol. The van der Waals surface area contributed by atoms with E-state index in [9.17, 15) is 4.79 Å². The van der Waals surface area contributed by atoms with Crippen LogP contribution in [0.3, 0.4) is 0 Å². The molecule has 0 bridgehead atoms. The molecule has 0 fully saturated rings. The molecule has 0 aromatic heterocycles. The highest BCUT2D eigenvalue weighted by Gasteiger charge is 2.16. The fraction of sp³-hybridized carbons (Fsp3) is 0.800. The first-order valence-electron chi connectivity index (χ1n) is 4.97. The van der Waals surface area contributed by atoms with E-state index in [4.69, 9.17) is 10.00 Å². The summed E-state index contributed by atoms with van der Waals surface area (Å²) in [4.78, 5) is 13.4. The molecule has 0 saturated carbocycles. The largest absolute Gasteiger partial charge is 0.383 e. The van der Waals surface area contributed by atoms with Crippen LogP contribution in [0, 0.1) is 11.3 Å². The second kappa shape index (κ2) is 8.21. The van der Waals surface area contributed by atoms with Crippen molar-refractivity contribution in [1.29, 1.82) is 5.26 Å². The number of ether oxygens (including phenoxy) is 1. The first-order valence-corrected chi connectivity index (χ1v) is 4.97. The van der Waals surface area contributed by atoms with E-state index < -0.39 is 0 Å². The third-order valence-corrected chi connectivity index (χ3v) is 2.22. The van der Waals surface area contributed by atoms with Crippen LogP contribution in [-0.4, -0.2) is 50.7 Å². The molecule has 15 heavy (non-hydrogen) atoms. The van der Waals surface area contributed by atoms with Crippen molar-refractivity contribution in [2.75, 3.05) is 33.9 Å². The van der Waals surface area contributed by atoms with Crippen LogP contribution in [0.1, 0.15) is 13.3 Å². The molecule has 0 aliphatic rings. The number of carbonyl (C=O) groups is 1. The van der Waals surface area contributed by atoms with Gasteiger partial charge in [0.15, 0.2) is 0 Å². The third-order valence-electron chi connectivity index (χ3n) is 2.22. The number of amides is 1. The molecule has 5 heteroatoms. The van der Waals surface area contributed by atoms with Gasteiger partial charge in [0, 0.05) is 26.6 Å². The molecule has 5 nitrogen and oxygen atoms in total. The average molecular weight is 213 g/mol. The SMILES string of the molecule is COCCNC(=O)C(C)N(C)CCC#N. The zero-order valence-corrected chi connectivity index (χ0v) is 9.62. The molecule has 1 amide bonds. The van der Waals surface area contributed by atoms with E-state index >= 15 is 0 Å². The summed E-state index contributed by atoms with van der Waals surface area (Å²) in [5, 5.41) is 11.2. The van der Waals surface area contributed by atoms with Gasteiger partial charge in [0.25, 0.3) is 0 Å². The van der Waals surface area contributed by atoms with E-state index in [1.165, 1.54) is 0 Å². The first kappa shape index (κ1) is 13.9. The lowest BCUT2D eigenvalue weighted by Crippen LogP contribution is -2.44. The van der Waals surface area contributed by atoms with Crippen molar-refractivity contribution in [1.82, 2.24) is 10.2 Å². The monoisotopic (exact) mass is 213 g/mol. The van der Waals surface area contributed by atoms with E-state index in [1.807, 2.05) is 18.9 Å². The van der Waals surface area contributed by atoms with Gasteiger partial charge in [0.05, 0.1) is 18.7 Å². The van der Waals surface area contributed by atoms with Gasteiger partial charge in [-0.05, 0) is 14.0 Å². The van der Waals surface area contributed by atoms with Crippen LogP contribution in [-0.2, 0) is 9.53 Å². The summed E-state index contributed by atoms with van der Waals surface area (Å²) in [6.07, 6.45) is 0.437. The fourth-order valence-electron chi connectivity index (χ4n) is 1.04. The van der Waals surface area contributed by atoms with Gasteiger partial charge >= 0.3 is 0 Å². The van der Waals surface area contributed by atoms with Crippen molar-refractivity contribution < 1.29 is 9.53 Å². The lowest BCUT2D eigenvalue weighted by Gasteiger charge is -2.22. The standard InChI is InChI=1S/C10H19N3O2/c1-9(13(2)7-4-5-11)10(14)12-6-8-15-3/h9H,4,6-8H2,1-3H3,(H,12,14). The highest BCUT2D eigenvalue weighted by molar-refractivity contribution is 5.81. The Morgan fingerprint density at radius 3 is 2.87 bits per heavy atom. The maximum absolute atomic E-state index is 11.5. The minimum absolute atomic E-state index is 0.0347. The first-order chi connectivity index (χ1) is 7.13. The average Bonchev–Trinajstić information content (AvgIpc) is 2.24. The van der Waals surface area contributed by atoms with Crippen molar-refractivity contribution in [3.8, 4) is 6.07 Å². The number of carbonyl (C=O) groups excluding carboxylic acids is 1. The Morgan fingerprint density at radius 2 is 2.33 bits per heavy atom. The van der Waals surface area contributed by atoms with Crippen LogP contribution in [0.4, 0.5) is 0 Å². The predicted octanol–water partition coefficient (Wildman–Crippen LogP) is -0.0170. The third kappa shape index (κ3) is 6.05. The summed E-state index contributed by atoms with van der Waals surface area (Å²) < 4.78 is 4.83. The van der Waals surface area contributed by atoms with E-state index in [2.05, 4.69) is 11.4 Å². The smallest absolute Gasteiger partial charge is 0.237 e. The Hall–Kier alpha value is -1.12. The molecule has 0 rings (SSSR count). The highest BCUT2D eigenvalue weighted by Crippen LogP contribution is 1.96. The Kier molecular flexibility index (Phi) is 7.60. The van der Waals surface area contributed by atoms with Crippen LogP contribution >= 0.6 is 0 Å². The Bertz CT molecular complexity index is 225. The molecule has 0 aromatic carbocycles. The van der Waals surface area contributed by atoms with Crippen molar-refractivity contribution in [2.24, 2.45) is 0 Å². The van der Waals surface area contributed by atoms with Gasteiger partial charge in [-0.2, -0.15) is 5.26 Å². The molecule has 0 heterocycles. The van der Waals surface area contributed by atoms with Gasteiger partial charge in [-0.15, -0.1) is 0 Å². The van der Waals surface area contributed by atoms with Crippen LogP contribution in [0.2, 0.25) is 0 Å². The quantitative estimate of drug-likeness (QED) is 0.604. The molecule has 86 valence electrons. The summed E-state index contributed by atoms with van der Waals surface area (Å²) in [5.74, 6) is -0.0347. The minimum atomic E-state index is -0.213. The summed E-state index contributed by atoms with van der Waals surface area (Å²) in [6, 6.07) is 1.84. The van der Waals surface area contributed by atoms with Gasteiger partial charge < -0.3 is 10.1 Å². The molecule has 0 radical (unpaired) electrons. The van der Waals surface area contributed by atoms with Crippen LogP contribution in [0.25, 0.3) is 0 Å². The molecule has 1 atom stereocenters. The second-order valence-electron chi connectivity index (χ2n) is 3.35. The van der Waals surface area contributed by atoms with Crippen molar-refractivity contribution in [2.45, 2.75) is 19.4 Å². The van der Waals surface area contributed by atoms with Crippen LogP contribution < -0.4 is 5.32 Å². The normalized spacial score (nSPS) is 12.2. The Morgan fingerprint density at radius 1 is 1.67 bits per heavy atom. The number of nitrogens with zero attached hydrogens (tertiary/aromatic N) is 2. The number of nitriles is 1. The van der Waals surface area contributed by atoms with Gasteiger partial charge in [-0.25, -0.2) is 0 Å². The number of likely N-dealkylation sites (N-methyl/N-ethyl adjacent to an activating group) is 1. The molecule has 0 aliphatic carbocycles. The Balaban J connectivity index is 3.81. The van der Waals surface area contributed by atoms with Gasteiger partial charge in [-0.3, -0.25) is 9.69 Å². The van der Waals surface area contributed by atoms with E-state index in [0.29, 0.717) is 26.1 Å². The maximum atomic E-state index is 11.5. The number of hydrogen-bond donors (Lipinski definition) is 1. The summed E-state index contributed by atoms with van der Waals surface area (Å²) in [6.45, 7) is 3.46. The topological polar surface area (TPSA) is 65.4 Å². The summed E-state index contributed by atoms with van der Waals surface area (Å²) in [5.41, 5.74) is 0. The van der Waals surface area contributed by atoms with Crippen molar-refractivity contribution in [3.05, 3.63) is 0 Å². The molecule has 0 saturated heterocycles. The van der Waals surface area contributed by atoms with E-state index in [1.54, 1.807) is 7.11 Å². The zero-order valence-electron chi connectivity index (χ0n) is 9.62. The van der Waals surface area contributed by atoms with E-state index in [-0.39, 0.29) is 11.9 Å². The number of nitrogens with one attached hydrogen (secondary N) is 1. The van der Waals surface area contributed by atoms with Gasteiger partial charge in [0.2, 0.25) is 5.91 Å². The summed E-state index contributed by atoms with van der Waals surface area (Å²) in [7, 11) is 3.42. The van der Waals surface area contributed by atoms with Crippen molar-refractivity contribution >= 4 is 5.91 Å². The number of hydrogen-bond acceptors (Lipinski definition) is 4. The lowest BCUT2D eigenvalue weighted by molar-refractivity contribution is -0.125. The minimum Gasteiger partial charge on any atom is -0.383 e. The molecular formula is C10H19N3O2. The highest BCUT2D eigenvalue weighted by atomic mass is 16.5. The zero-order chi connectivity index (χ0) is 11.7. The molecule has 0 aliphatic heterocycles. The molecule has 1 unspecified atom stereocenters. The van der Waals surface area contributed by atoms with Crippen LogP contribution in [0.5, 0.6) is 0 Å². The summed E-state index contributed by atoms with van der Waals surface area (Å²) >= 11 is 0. The van der Waals surface area contributed by atoms with Crippen LogP contribution in [0.15, 0.2) is 0 Å². The lowest BCUT2D eigenvalue weighted by atomic mass is 10.2.